The maximum Gasteiger partial charge on any atom is 0.0366 e. The third-order valence-electron chi connectivity index (χ3n) is 2.74. The van der Waals surface area contributed by atoms with Gasteiger partial charge >= 0.3 is 0 Å². The number of nitrogens with two attached hydrogens (primary N) is 1. The molecule has 0 saturated carbocycles. The van der Waals surface area contributed by atoms with Crippen molar-refractivity contribution in [3.05, 3.63) is 36.2 Å². The molecule has 2 N–H and O–H groups in total. The predicted molar refractivity (Wildman–Crippen MR) is 60.1 cm³/mol. The minimum absolute atomic E-state index is 0.633. The molecular formula is C12H17N2. The van der Waals surface area contributed by atoms with E-state index in [9.17, 15) is 0 Å². The van der Waals surface area contributed by atoms with E-state index in [-0.39, 0.29) is 0 Å². The van der Waals surface area contributed by atoms with Crippen molar-refractivity contribution in [1.82, 2.24) is 0 Å². The van der Waals surface area contributed by atoms with E-state index in [4.69, 9.17) is 5.73 Å². The molecule has 1 aliphatic rings. The van der Waals surface area contributed by atoms with Crippen LogP contribution in [0.15, 0.2) is 24.3 Å². The number of rotatable bonds is 2. The van der Waals surface area contributed by atoms with Gasteiger partial charge in [-0.2, -0.15) is 0 Å². The van der Waals surface area contributed by atoms with Crippen molar-refractivity contribution in [3.63, 3.8) is 0 Å². The molecule has 1 heterocycles. The van der Waals surface area contributed by atoms with Crippen LogP contribution in [-0.4, -0.2) is 13.1 Å². The molecule has 75 valence electrons. The molecule has 0 aliphatic carbocycles. The van der Waals surface area contributed by atoms with Gasteiger partial charge in [-0.3, -0.25) is 0 Å². The first kappa shape index (κ1) is 9.53. The summed E-state index contributed by atoms with van der Waals surface area (Å²) in [6, 6.07) is 8.59. The smallest absolute Gasteiger partial charge is 0.0366 e. The Balaban J connectivity index is 2.07. The van der Waals surface area contributed by atoms with Crippen molar-refractivity contribution in [3.8, 4) is 0 Å². The van der Waals surface area contributed by atoms with Crippen LogP contribution in [0, 0.1) is 6.42 Å². The molecule has 0 aromatic heterocycles. The van der Waals surface area contributed by atoms with Gasteiger partial charge in [0.2, 0.25) is 0 Å². The molecule has 1 fully saturated rings. The molecule has 0 spiro atoms. The van der Waals surface area contributed by atoms with Gasteiger partial charge < -0.3 is 10.6 Å². The Hall–Kier alpha value is -1.02. The maximum absolute atomic E-state index is 5.56. The van der Waals surface area contributed by atoms with Crippen molar-refractivity contribution in [2.24, 2.45) is 5.73 Å². The largest absolute Gasteiger partial charge is 0.372 e. The number of hydrogen-bond acceptors (Lipinski definition) is 2. The summed E-state index contributed by atoms with van der Waals surface area (Å²) < 4.78 is 0. The van der Waals surface area contributed by atoms with E-state index in [2.05, 4.69) is 35.6 Å². The van der Waals surface area contributed by atoms with Crippen LogP contribution >= 0.6 is 0 Å². The molecule has 1 aromatic rings. The molecule has 0 amide bonds. The molecule has 0 bridgehead atoms. The van der Waals surface area contributed by atoms with Crippen LogP contribution in [-0.2, 0) is 6.54 Å². The van der Waals surface area contributed by atoms with Gasteiger partial charge in [0.25, 0.3) is 0 Å². The van der Waals surface area contributed by atoms with E-state index < -0.39 is 0 Å². The zero-order valence-electron chi connectivity index (χ0n) is 8.45. The zero-order valence-corrected chi connectivity index (χ0v) is 8.45. The molecular weight excluding hydrogens is 172 g/mol. The molecule has 2 heteroatoms. The Kier molecular flexibility index (Phi) is 3.04. The van der Waals surface area contributed by atoms with Gasteiger partial charge in [0.15, 0.2) is 0 Å². The lowest BCUT2D eigenvalue weighted by Gasteiger charge is -2.28. The maximum atomic E-state index is 5.56. The summed E-state index contributed by atoms with van der Waals surface area (Å²) in [6.07, 6.45) is 4.78. The average molecular weight is 189 g/mol. The molecule has 2 nitrogen and oxygen atoms in total. The third-order valence-corrected chi connectivity index (χ3v) is 2.74. The first-order chi connectivity index (χ1) is 6.90. The quantitative estimate of drug-likeness (QED) is 0.770. The van der Waals surface area contributed by atoms with Crippen LogP contribution in [0.1, 0.15) is 18.4 Å². The first-order valence-electron chi connectivity index (χ1n) is 5.26. The molecule has 14 heavy (non-hydrogen) atoms. The number of piperidine rings is 1. The highest BCUT2D eigenvalue weighted by atomic mass is 15.1. The van der Waals surface area contributed by atoms with Crippen LogP contribution in [0.25, 0.3) is 0 Å². The van der Waals surface area contributed by atoms with E-state index >= 15 is 0 Å². The molecule has 1 aromatic carbocycles. The summed E-state index contributed by atoms with van der Waals surface area (Å²) in [7, 11) is 0. The highest BCUT2D eigenvalue weighted by molar-refractivity contribution is 5.48. The first-order valence-corrected chi connectivity index (χ1v) is 5.26. The monoisotopic (exact) mass is 189 g/mol. The Morgan fingerprint density at radius 3 is 2.29 bits per heavy atom. The summed E-state index contributed by atoms with van der Waals surface area (Å²) >= 11 is 0. The summed E-state index contributed by atoms with van der Waals surface area (Å²) in [5.74, 6) is 0. The average Bonchev–Trinajstić information content (AvgIpc) is 2.30. The lowest BCUT2D eigenvalue weighted by Crippen LogP contribution is -2.29. The van der Waals surface area contributed by atoms with E-state index in [1.807, 2.05) is 0 Å². The molecule has 0 unspecified atom stereocenters. The number of hydrogen-bond donors (Lipinski definition) is 1. The molecule has 1 aliphatic heterocycles. The molecule has 0 atom stereocenters. The topological polar surface area (TPSA) is 29.3 Å². The summed E-state index contributed by atoms with van der Waals surface area (Å²) in [6.45, 7) is 2.94. The Labute approximate surface area is 85.7 Å². The fourth-order valence-corrected chi connectivity index (χ4v) is 1.85. The van der Waals surface area contributed by atoms with Gasteiger partial charge in [0.05, 0.1) is 0 Å². The normalized spacial score (nSPS) is 17.1. The van der Waals surface area contributed by atoms with Crippen molar-refractivity contribution in [1.29, 1.82) is 0 Å². The van der Waals surface area contributed by atoms with Crippen molar-refractivity contribution < 1.29 is 0 Å². The van der Waals surface area contributed by atoms with Crippen LogP contribution in [0.3, 0.4) is 0 Å². The lowest BCUT2D eigenvalue weighted by atomic mass is 10.1. The van der Waals surface area contributed by atoms with Gasteiger partial charge in [0.1, 0.15) is 0 Å². The SMILES string of the molecule is NCc1ccc(N2CC[CH]CC2)cc1. The Bertz CT molecular complexity index is 273. The van der Waals surface area contributed by atoms with Crippen LogP contribution in [0.4, 0.5) is 5.69 Å². The molecule has 1 radical (unpaired) electrons. The van der Waals surface area contributed by atoms with Crippen molar-refractivity contribution in [2.45, 2.75) is 19.4 Å². The van der Waals surface area contributed by atoms with Crippen LogP contribution in [0.2, 0.25) is 0 Å². The summed E-state index contributed by atoms with van der Waals surface area (Å²) in [5, 5.41) is 0. The van der Waals surface area contributed by atoms with E-state index in [0.717, 1.165) is 13.1 Å². The second-order valence-corrected chi connectivity index (χ2v) is 3.72. The Morgan fingerprint density at radius 1 is 1.07 bits per heavy atom. The third kappa shape index (κ3) is 2.07. The molecule has 2 rings (SSSR count). The van der Waals surface area contributed by atoms with Gasteiger partial charge in [-0.05, 0) is 37.0 Å². The van der Waals surface area contributed by atoms with E-state index in [0.29, 0.717) is 6.54 Å². The fraction of sp³-hybridized carbons (Fsp3) is 0.417. The number of benzene rings is 1. The summed E-state index contributed by atoms with van der Waals surface area (Å²) in [5.41, 5.74) is 8.09. The van der Waals surface area contributed by atoms with E-state index in [1.165, 1.54) is 24.1 Å². The van der Waals surface area contributed by atoms with Gasteiger partial charge in [-0.25, -0.2) is 0 Å². The van der Waals surface area contributed by atoms with Gasteiger partial charge in [-0.1, -0.05) is 12.1 Å². The van der Waals surface area contributed by atoms with Crippen LogP contribution in [0.5, 0.6) is 0 Å². The zero-order chi connectivity index (χ0) is 9.80. The van der Waals surface area contributed by atoms with Crippen LogP contribution < -0.4 is 10.6 Å². The van der Waals surface area contributed by atoms with Gasteiger partial charge in [0, 0.05) is 25.3 Å². The Morgan fingerprint density at radius 2 is 1.71 bits per heavy atom. The van der Waals surface area contributed by atoms with E-state index in [1.54, 1.807) is 0 Å². The highest BCUT2D eigenvalue weighted by Gasteiger charge is 2.10. The minimum atomic E-state index is 0.633. The van der Waals surface area contributed by atoms with Crippen molar-refractivity contribution >= 4 is 5.69 Å². The fourth-order valence-electron chi connectivity index (χ4n) is 1.85. The number of nitrogens with zero attached hydrogens (tertiary/aromatic N) is 1. The lowest BCUT2D eigenvalue weighted by molar-refractivity contribution is 0.679. The van der Waals surface area contributed by atoms with Crippen molar-refractivity contribution in [2.75, 3.05) is 18.0 Å². The molecule has 1 saturated heterocycles. The number of anilines is 1. The highest BCUT2D eigenvalue weighted by Crippen LogP contribution is 2.19. The minimum Gasteiger partial charge on any atom is -0.372 e. The second-order valence-electron chi connectivity index (χ2n) is 3.72. The van der Waals surface area contributed by atoms with Gasteiger partial charge in [-0.15, -0.1) is 0 Å². The summed E-state index contributed by atoms with van der Waals surface area (Å²) in [4.78, 5) is 2.43. The standard InChI is InChI=1S/C12H17N2/c13-10-11-4-6-12(7-5-11)14-8-2-1-3-9-14/h1,4-7H,2-3,8-10,13H2. The second kappa shape index (κ2) is 4.47. The predicted octanol–water partition coefficient (Wildman–Crippen LogP) is 1.95.